The molecule has 0 amide bonds. The fourth-order valence-electron chi connectivity index (χ4n) is 2.61. The van der Waals surface area contributed by atoms with Gasteiger partial charge in [0.15, 0.2) is 0 Å². The smallest absolute Gasteiger partial charge is 0.0674 e. The lowest BCUT2D eigenvalue weighted by molar-refractivity contribution is -0.0595. The molecule has 0 aromatic carbocycles. The monoisotopic (exact) mass is 277 g/mol. The maximum Gasteiger partial charge on any atom is 0.0674 e. The summed E-state index contributed by atoms with van der Waals surface area (Å²) in [5.74, 6) is 0. The highest BCUT2D eigenvalue weighted by molar-refractivity contribution is 5.14. The maximum atomic E-state index is 5.74. The molecule has 1 aliphatic rings. The molecule has 0 aliphatic carbocycles. The molecule has 112 valence electrons. The van der Waals surface area contributed by atoms with Crippen molar-refractivity contribution in [3.8, 4) is 0 Å². The fraction of sp³-hybridized carbons (Fsp3) is 0.688. The van der Waals surface area contributed by atoms with E-state index >= 15 is 0 Å². The average molecular weight is 277 g/mol. The number of nitrogens with one attached hydrogen (secondary N) is 1. The second-order valence-electron chi connectivity index (χ2n) is 5.57. The van der Waals surface area contributed by atoms with Crippen LogP contribution < -0.4 is 5.32 Å². The summed E-state index contributed by atoms with van der Waals surface area (Å²) in [6.45, 7) is 11.1. The van der Waals surface area contributed by atoms with Gasteiger partial charge in [-0.2, -0.15) is 0 Å². The second-order valence-corrected chi connectivity index (χ2v) is 5.57. The summed E-state index contributed by atoms with van der Waals surface area (Å²) in [4.78, 5) is 7.10. The van der Waals surface area contributed by atoms with Gasteiger partial charge in [0.1, 0.15) is 0 Å². The van der Waals surface area contributed by atoms with Gasteiger partial charge in [-0.1, -0.05) is 19.9 Å². The summed E-state index contributed by atoms with van der Waals surface area (Å²) in [7, 11) is 0. The predicted molar refractivity (Wildman–Crippen MR) is 81.5 cm³/mol. The molecule has 2 rings (SSSR count). The molecule has 1 aromatic heterocycles. The highest BCUT2D eigenvalue weighted by atomic mass is 16.5. The zero-order valence-corrected chi connectivity index (χ0v) is 12.9. The number of morpholine rings is 1. The van der Waals surface area contributed by atoms with E-state index in [-0.39, 0.29) is 0 Å². The van der Waals surface area contributed by atoms with Gasteiger partial charge in [-0.3, -0.25) is 9.88 Å². The van der Waals surface area contributed by atoms with Gasteiger partial charge < -0.3 is 10.1 Å². The highest BCUT2D eigenvalue weighted by Gasteiger charge is 2.25. The van der Waals surface area contributed by atoms with E-state index in [9.17, 15) is 0 Å². The van der Waals surface area contributed by atoms with Crippen LogP contribution in [0.25, 0.3) is 0 Å². The number of ether oxygens (including phenoxy) is 1. The molecule has 0 saturated carbocycles. The van der Waals surface area contributed by atoms with E-state index in [1.165, 1.54) is 5.56 Å². The number of hydrogen-bond donors (Lipinski definition) is 1. The van der Waals surface area contributed by atoms with Crippen LogP contribution in [-0.4, -0.2) is 41.7 Å². The van der Waals surface area contributed by atoms with Crippen molar-refractivity contribution in [3.05, 3.63) is 29.6 Å². The zero-order chi connectivity index (χ0) is 14.4. The Kier molecular flexibility index (Phi) is 5.95. The van der Waals surface area contributed by atoms with Crippen LogP contribution in [0.15, 0.2) is 18.3 Å². The Morgan fingerprint density at radius 3 is 2.90 bits per heavy atom. The lowest BCUT2D eigenvalue weighted by atomic mass is 10.1. The number of nitrogens with zero attached hydrogens (tertiary/aromatic N) is 2. The number of pyridine rings is 1. The van der Waals surface area contributed by atoms with Crippen molar-refractivity contribution in [2.45, 2.75) is 52.4 Å². The van der Waals surface area contributed by atoms with Gasteiger partial charge in [-0.05, 0) is 31.5 Å². The van der Waals surface area contributed by atoms with E-state index in [4.69, 9.17) is 4.74 Å². The molecule has 1 saturated heterocycles. The van der Waals surface area contributed by atoms with E-state index in [1.807, 2.05) is 6.20 Å². The molecule has 4 heteroatoms. The van der Waals surface area contributed by atoms with E-state index in [1.54, 1.807) is 0 Å². The summed E-state index contributed by atoms with van der Waals surface area (Å²) < 4.78 is 5.74. The lowest BCUT2D eigenvalue weighted by Crippen LogP contribution is -2.47. The van der Waals surface area contributed by atoms with Crippen LogP contribution in [0.3, 0.4) is 0 Å². The number of aromatic nitrogens is 1. The number of hydrogen-bond acceptors (Lipinski definition) is 4. The van der Waals surface area contributed by atoms with Crippen molar-refractivity contribution >= 4 is 0 Å². The minimum Gasteiger partial charge on any atom is -0.376 e. The van der Waals surface area contributed by atoms with Gasteiger partial charge >= 0.3 is 0 Å². The van der Waals surface area contributed by atoms with E-state index in [2.05, 4.69) is 48.1 Å². The van der Waals surface area contributed by atoms with Crippen LogP contribution in [0.4, 0.5) is 0 Å². The Morgan fingerprint density at radius 2 is 2.25 bits per heavy atom. The first-order valence-electron chi connectivity index (χ1n) is 7.73. The molecule has 20 heavy (non-hydrogen) atoms. The Bertz CT molecular complexity index is 393. The third kappa shape index (κ3) is 4.27. The first kappa shape index (κ1) is 15.4. The molecule has 4 nitrogen and oxygen atoms in total. The third-order valence-corrected chi connectivity index (χ3v) is 3.88. The van der Waals surface area contributed by atoms with Crippen LogP contribution in [0, 0.1) is 0 Å². The van der Waals surface area contributed by atoms with Gasteiger partial charge in [0.2, 0.25) is 0 Å². The Balaban J connectivity index is 1.94. The van der Waals surface area contributed by atoms with Crippen LogP contribution in [0.5, 0.6) is 0 Å². The molecule has 2 heterocycles. The molecule has 2 unspecified atom stereocenters. The van der Waals surface area contributed by atoms with Gasteiger partial charge in [-0.25, -0.2) is 0 Å². The largest absolute Gasteiger partial charge is 0.376 e. The third-order valence-electron chi connectivity index (χ3n) is 3.88. The first-order chi connectivity index (χ1) is 9.72. The normalized spacial score (nSPS) is 23.9. The maximum absolute atomic E-state index is 5.74. The second kappa shape index (κ2) is 7.72. The van der Waals surface area contributed by atoms with Gasteiger partial charge in [-0.15, -0.1) is 0 Å². The van der Waals surface area contributed by atoms with Crippen molar-refractivity contribution in [1.82, 2.24) is 15.2 Å². The Morgan fingerprint density at radius 1 is 1.40 bits per heavy atom. The Hall–Kier alpha value is -0.970. The summed E-state index contributed by atoms with van der Waals surface area (Å²) in [5.41, 5.74) is 2.40. The molecule has 1 N–H and O–H groups in total. The SMILES string of the molecule is CCNCc1ccc(CN2CC(C)OCC2CC)nc1. The summed E-state index contributed by atoms with van der Waals surface area (Å²) in [6.07, 6.45) is 3.44. The van der Waals surface area contributed by atoms with Crippen LogP contribution >= 0.6 is 0 Å². The molecule has 1 aromatic rings. The minimum absolute atomic E-state index is 0.325. The summed E-state index contributed by atoms with van der Waals surface area (Å²) >= 11 is 0. The zero-order valence-electron chi connectivity index (χ0n) is 12.9. The van der Waals surface area contributed by atoms with E-state index < -0.39 is 0 Å². The van der Waals surface area contributed by atoms with Crippen LogP contribution in [-0.2, 0) is 17.8 Å². The van der Waals surface area contributed by atoms with Gasteiger partial charge in [0.05, 0.1) is 18.4 Å². The average Bonchev–Trinajstić information content (AvgIpc) is 2.47. The molecule has 2 atom stereocenters. The standard InChI is InChI=1S/C16H27N3O/c1-4-16-12-20-13(3)10-19(16)11-15-7-6-14(9-18-15)8-17-5-2/h6-7,9,13,16-17H,4-5,8,10-12H2,1-3H3. The molecular formula is C16H27N3O. The predicted octanol–water partition coefficient (Wildman–Crippen LogP) is 2.19. The first-order valence-corrected chi connectivity index (χ1v) is 7.73. The van der Waals surface area contributed by atoms with Crippen molar-refractivity contribution in [2.24, 2.45) is 0 Å². The topological polar surface area (TPSA) is 37.4 Å². The fourth-order valence-corrected chi connectivity index (χ4v) is 2.61. The quantitative estimate of drug-likeness (QED) is 0.865. The molecule has 0 radical (unpaired) electrons. The molecule has 1 fully saturated rings. The van der Waals surface area contributed by atoms with Crippen LogP contribution in [0.1, 0.15) is 38.4 Å². The van der Waals surface area contributed by atoms with Gasteiger partial charge in [0, 0.05) is 31.9 Å². The van der Waals surface area contributed by atoms with Crippen molar-refractivity contribution in [2.75, 3.05) is 19.7 Å². The van der Waals surface area contributed by atoms with E-state index in [0.717, 1.165) is 44.9 Å². The summed E-state index contributed by atoms with van der Waals surface area (Å²) in [6, 6.07) is 4.85. The summed E-state index contributed by atoms with van der Waals surface area (Å²) in [5, 5.41) is 3.32. The van der Waals surface area contributed by atoms with Crippen molar-refractivity contribution in [1.29, 1.82) is 0 Å². The highest BCUT2D eigenvalue weighted by Crippen LogP contribution is 2.17. The molecule has 1 aliphatic heterocycles. The Labute approximate surface area is 122 Å². The lowest BCUT2D eigenvalue weighted by Gasteiger charge is -2.38. The van der Waals surface area contributed by atoms with Gasteiger partial charge in [0.25, 0.3) is 0 Å². The van der Waals surface area contributed by atoms with Crippen molar-refractivity contribution in [3.63, 3.8) is 0 Å². The van der Waals surface area contributed by atoms with Crippen molar-refractivity contribution < 1.29 is 4.74 Å². The molecule has 0 bridgehead atoms. The van der Waals surface area contributed by atoms with Crippen LogP contribution in [0.2, 0.25) is 0 Å². The number of rotatable bonds is 6. The molecular weight excluding hydrogens is 250 g/mol. The minimum atomic E-state index is 0.325. The molecule has 0 spiro atoms. The van der Waals surface area contributed by atoms with E-state index in [0.29, 0.717) is 12.1 Å².